The van der Waals surface area contributed by atoms with Crippen molar-refractivity contribution < 1.29 is 4.79 Å². The summed E-state index contributed by atoms with van der Waals surface area (Å²) in [5.41, 5.74) is 9.05. The second-order valence-electron chi connectivity index (χ2n) is 7.09. The molecule has 1 aliphatic heterocycles. The average Bonchev–Trinajstić information content (AvgIpc) is 3.12. The minimum absolute atomic E-state index is 0. The molecule has 1 aromatic rings. The van der Waals surface area contributed by atoms with Gasteiger partial charge in [0.1, 0.15) is 0 Å². The predicted octanol–water partition coefficient (Wildman–Crippen LogP) is 3.45. The average molecular weight is 340 g/mol. The van der Waals surface area contributed by atoms with Crippen LogP contribution < -0.4 is 5.73 Å². The number of carbonyl (C=O) groups excluding carboxylic acids is 1. The van der Waals surface area contributed by atoms with E-state index >= 15 is 0 Å². The maximum atomic E-state index is 12.8. The van der Waals surface area contributed by atoms with Crippen LogP contribution in [-0.2, 0) is 0 Å². The zero-order chi connectivity index (χ0) is 15.7. The van der Waals surface area contributed by atoms with Crippen LogP contribution in [-0.4, -0.2) is 35.0 Å². The summed E-state index contributed by atoms with van der Waals surface area (Å²) in [5.74, 6) is 0.678. The van der Waals surface area contributed by atoms with Crippen molar-refractivity contribution in [3.05, 3.63) is 23.0 Å². The van der Waals surface area contributed by atoms with E-state index in [0.29, 0.717) is 18.5 Å². The predicted molar refractivity (Wildman–Crippen MR) is 96.3 cm³/mol. The van der Waals surface area contributed by atoms with Gasteiger partial charge in [-0.15, -0.1) is 12.4 Å². The van der Waals surface area contributed by atoms with Gasteiger partial charge in [-0.3, -0.25) is 4.79 Å². The second-order valence-corrected chi connectivity index (χ2v) is 7.09. The van der Waals surface area contributed by atoms with Crippen molar-refractivity contribution in [1.29, 1.82) is 0 Å². The van der Waals surface area contributed by atoms with E-state index in [0.717, 1.165) is 30.8 Å². The number of aryl methyl sites for hydroxylation is 1. The van der Waals surface area contributed by atoms with Gasteiger partial charge in [-0.25, -0.2) is 0 Å². The molecule has 1 aliphatic carbocycles. The number of rotatable bonds is 3. The Morgan fingerprint density at radius 1 is 1.22 bits per heavy atom. The zero-order valence-corrected chi connectivity index (χ0v) is 15.2. The number of aromatic nitrogens is 1. The van der Waals surface area contributed by atoms with E-state index in [4.69, 9.17) is 5.73 Å². The molecule has 0 bridgehead atoms. The van der Waals surface area contributed by atoms with Crippen LogP contribution in [0, 0.1) is 19.8 Å². The van der Waals surface area contributed by atoms with Gasteiger partial charge in [0.2, 0.25) is 0 Å². The smallest absolute Gasteiger partial charge is 0.255 e. The summed E-state index contributed by atoms with van der Waals surface area (Å²) in [7, 11) is 0. The molecule has 2 heterocycles. The first kappa shape index (κ1) is 18.3. The van der Waals surface area contributed by atoms with E-state index in [1.165, 1.54) is 37.8 Å². The van der Waals surface area contributed by atoms with Gasteiger partial charge in [-0.05, 0) is 51.6 Å². The Balaban J connectivity index is 0.00000192. The lowest BCUT2D eigenvalue weighted by Crippen LogP contribution is -2.30. The monoisotopic (exact) mass is 339 g/mol. The number of amides is 1. The molecule has 2 aliphatic rings. The number of likely N-dealkylation sites (tertiary alicyclic amines) is 1. The highest BCUT2D eigenvalue weighted by atomic mass is 35.5. The third kappa shape index (κ3) is 3.58. The standard InChI is InChI=1S/C18H29N3O.ClH/c1-13-10-17(18(22)20-9-8-15(11-19)12-20)14(2)21(13)16-6-4-3-5-7-16;/h10,15-16H,3-9,11-12,19H2,1-2H3;1H. The quantitative estimate of drug-likeness (QED) is 0.916. The van der Waals surface area contributed by atoms with Crippen molar-refractivity contribution in [3.8, 4) is 0 Å². The highest BCUT2D eigenvalue weighted by Crippen LogP contribution is 2.32. The maximum absolute atomic E-state index is 12.8. The summed E-state index contributed by atoms with van der Waals surface area (Å²) in [4.78, 5) is 14.8. The van der Waals surface area contributed by atoms with E-state index in [-0.39, 0.29) is 18.3 Å². The molecule has 3 rings (SSSR count). The number of nitrogens with two attached hydrogens (primary N) is 1. The first-order valence-electron chi connectivity index (χ1n) is 8.79. The van der Waals surface area contributed by atoms with E-state index in [2.05, 4.69) is 24.5 Å². The van der Waals surface area contributed by atoms with Gasteiger partial charge in [0.15, 0.2) is 0 Å². The Morgan fingerprint density at radius 2 is 1.91 bits per heavy atom. The molecular weight excluding hydrogens is 310 g/mol. The Morgan fingerprint density at radius 3 is 2.52 bits per heavy atom. The molecule has 0 radical (unpaired) electrons. The molecule has 1 aromatic heterocycles. The summed E-state index contributed by atoms with van der Waals surface area (Å²) in [6.45, 7) is 6.62. The van der Waals surface area contributed by atoms with Crippen molar-refractivity contribution in [2.24, 2.45) is 11.7 Å². The van der Waals surface area contributed by atoms with Crippen LogP contribution in [0.2, 0.25) is 0 Å². The fourth-order valence-electron chi connectivity index (χ4n) is 4.27. The van der Waals surface area contributed by atoms with Crippen LogP contribution in [0.4, 0.5) is 0 Å². The Hall–Kier alpha value is -1.000. The van der Waals surface area contributed by atoms with E-state index in [1.807, 2.05) is 4.90 Å². The minimum atomic E-state index is 0. The highest BCUT2D eigenvalue weighted by Gasteiger charge is 2.29. The van der Waals surface area contributed by atoms with Crippen molar-refractivity contribution >= 4 is 18.3 Å². The van der Waals surface area contributed by atoms with Crippen molar-refractivity contribution in [1.82, 2.24) is 9.47 Å². The van der Waals surface area contributed by atoms with E-state index < -0.39 is 0 Å². The SMILES string of the molecule is Cc1cc(C(=O)N2CCC(CN)C2)c(C)n1C1CCCCC1.Cl. The molecule has 2 N–H and O–H groups in total. The van der Waals surface area contributed by atoms with Crippen LogP contribution in [0.3, 0.4) is 0 Å². The molecule has 1 atom stereocenters. The van der Waals surface area contributed by atoms with Crippen LogP contribution in [0.1, 0.15) is 66.3 Å². The Bertz CT molecular complexity index is 549. The van der Waals surface area contributed by atoms with Gasteiger partial charge >= 0.3 is 0 Å². The second kappa shape index (κ2) is 7.71. The third-order valence-electron chi connectivity index (χ3n) is 5.56. The number of carbonyl (C=O) groups is 1. The highest BCUT2D eigenvalue weighted by molar-refractivity contribution is 5.96. The first-order valence-corrected chi connectivity index (χ1v) is 8.79. The van der Waals surface area contributed by atoms with Gasteiger partial charge < -0.3 is 15.2 Å². The van der Waals surface area contributed by atoms with Crippen molar-refractivity contribution in [2.45, 2.75) is 58.4 Å². The maximum Gasteiger partial charge on any atom is 0.255 e. The number of hydrogen-bond donors (Lipinski definition) is 1. The Labute approximate surface area is 145 Å². The van der Waals surface area contributed by atoms with E-state index in [9.17, 15) is 4.79 Å². The summed E-state index contributed by atoms with van der Waals surface area (Å²) < 4.78 is 2.42. The summed E-state index contributed by atoms with van der Waals surface area (Å²) in [6.07, 6.45) is 7.54. The lowest BCUT2D eigenvalue weighted by molar-refractivity contribution is 0.0786. The van der Waals surface area contributed by atoms with Gasteiger partial charge in [-0.2, -0.15) is 0 Å². The molecule has 4 nitrogen and oxygen atoms in total. The molecule has 1 unspecified atom stereocenters. The van der Waals surface area contributed by atoms with Gasteiger partial charge in [-0.1, -0.05) is 19.3 Å². The largest absolute Gasteiger partial charge is 0.345 e. The van der Waals surface area contributed by atoms with Gasteiger partial charge in [0.05, 0.1) is 5.56 Å². The third-order valence-corrected chi connectivity index (χ3v) is 5.56. The summed E-state index contributed by atoms with van der Waals surface area (Å²) in [6, 6.07) is 2.69. The van der Waals surface area contributed by atoms with Crippen LogP contribution in [0.25, 0.3) is 0 Å². The van der Waals surface area contributed by atoms with E-state index in [1.54, 1.807) is 0 Å². The van der Waals surface area contributed by atoms with Gasteiger partial charge in [0, 0.05) is 30.5 Å². The number of halogens is 1. The topological polar surface area (TPSA) is 51.3 Å². The van der Waals surface area contributed by atoms with Gasteiger partial charge in [0.25, 0.3) is 5.91 Å². The fourth-order valence-corrected chi connectivity index (χ4v) is 4.27. The van der Waals surface area contributed by atoms with Crippen LogP contribution in [0.15, 0.2) is 6.07 Å². The molecule has 2 fully saturated rings. The van der Waals surface area contributed by atoms with Crippen molar-refractivity contribution in [3.63, 3.8) is 0 Å². The van der Waals surface area contributed by atoms with Crippen molar-refractivity contribution in [2.75, 3.05) is 19.6 Å². The molecular formula is C18H30ClN3O. The number of hydrogen-bond acceptors (Lipinski definition) is 2. The molecule has 1 saturated heterocycles. The molecule has 23 heavy (non-hydrogen) atoms. The summed E-state index contributed by atoms with van der Waals surface area (Å²) >= 11 is 0. The molecule has 1 amide bonds. The lowest BCUT2D eigenvalue weighted by atomic mass is 9.95. The summed E-state index contributed by atoms with van der Waals surface area (Å²) in [5, 5.41) is 0. The zero-order valence-electron chi connectivity index (χ0n) is 14.4. The van der Waals surface area contributed by atoms with Crippen LogP contribution in [0.5, 0.6) is 0 Å². The molecule has 0 spiro atoms. The molecule has 1 saturated carbocycles. The first-order chi connectivity index (χ1) is 10.6. The normalized spacial score (nSPS) is 22.2. The molecule has 130 valence electrons. The number of nitrogens with zero attached hydrogens (tertiary/aromatic N) is 2. The molecule has 5 heteroatoms. The lowest BCUT2D eigenvalue weighted by Gasteiger charge is -2.26. The van der Waals surface area contributed by atoms with Crippen LogP contribution >= 0.6 is 12.4 Å². The minimum Gasteiger partial charge on any atom is -0.345 e. The Kier molecular flexibility index (Phi) is 6.15. The fraction of sp³-hybridized carbons (Fsp3) is 0.722. The molecule has 0 aromatic carbocycles.